The summed E-state index contributed by atoms with van der Waals surface area (Å²) >= 11 is 0. The molecule has 0 amide bonds. The van der Waals surface area contributed by atoms with Gasteiger partial charge in [0.05, 0.1) is 0 Å². The van der Waals surface area contributed by atoms with E-state index in [2.05, 4.69) is 46.7 Å². The van der Waals surface area contributed by atoms with Gasteiger partial charge in [0.1, 0.15) is 0 Å². The lowest BCUT2D eigenvalue weighted by Crippen LogP contribution is -2.42. The molecule has 0 fully saturated rings. The third-order valence-electron chi connectivity index (χ3n) is 2.72. The number of rotatable bonds is 5. The highest BCUT2D eigenvalue weighted by Gasteiger charge is 2.26. The molecule has 0 heterocycles. The topological polar surface area (TPSA) is 3.24 Å². The van der Waals surface area contributed by atoms with E-state index in [0.717, 1.165) is 5.92 Å². The molecule has 1 unspecified atom stereocenters. The molecule has 0 aromatic rings. The molecule has 0 saturated heterocycles. The van der Waals surface area contributed by atoms with E-state index in [9.17, 15) is 0 Å². The molecule has 1 atom stereocenters. The van der Waals surface area contributed by atoms with Crippen LogP contribution in [-0.2, 0) is 0 Å². The zero-order valence-corrected chi connectivity index (χ0v) is 9.65. The minimum atomic E-state index is 0.406. The fraction of sp³-hybridized carbons (Fsp3) is 1.00. The van der Waals surface area contributed by atoms with Crippen LogP contribution in [0.5, 0.6) is 0 Å². The normalized spacial score (nSPS) is 17.0. The molecule has 74 valence electrons. The lowest BCUT2D eigenvalue weighted by Gasteiger charge is -2.38. The van der Waals surface area contributed by atoms with Gasteiger partial charge in [0.25, 0.3) is 0 Å². The predicted octanol–water partition coefficient (Wildman–Crippen LogP) is 3.15. The van der Waals surface area contributed by atoms with E-state index in [1.165, 1.54) is 19.3 Å². The van der Waals surface area contributed by atoms with Crippen molar-refractivity contribution in [3.8, 4) is 0 Å². The Kier molecular flexibility index (Phi) is 4.84. The minimum Gasteiger partial charge on any atom is -0.304 e. The van der Waals surface area contributed by atoms with Crippen LogP contribution in [0.2, 0.25) is 0 Å². The highest BCUT2D eigenvalue weighted by atomic mass is 15.1. The molecule has 0 aromatic carbocycles. The highest BCUT2D eigenvalue weighted by Crippen LogP contribution is 2.26. The molecule has 0 rings (SSSR count). The summed E-state index contributed by atoms with van der Waals surface area (Å²) in [5.41, 5.74) is 0.406. The molecule has 0 aromatic heterocycles. The summed E-state index contributed by atoms with van der Waals surface area (Å²) in [6.07, 6.45) is 3.88. The maximum Gasteiger partial charge on any atom is 0.0177 e. The van der Waals surface area contributed by atoms with Gasteiger partial charge < -0.3 is 4.90 Å². The molecule has 0 aliphatic heterocycles. The quantitative estimate of drug-likeness (QED) is 0.614. The van der Waals surface area contributed by atoms with Crippen molar-refractivity contribution in [1.29, 1.82) is 0 Å². The highest BCUT2D eigenvalue weighted by molar-refractivity contribution is 4.83. The Labute approximate surface area is 78.1 Å². The molecule has 0 N–H and O–H groups in total. The number of nitrogens with zero attached hydrogens (tertiary/aromatic N) is 1. The summed E-state index contributed by atoms with van der Waals surface area (Å²) in [5, 5.41) is 0. The van der Waals surface area contributed by atoms with E-state index < -0.39 is 0 Å². The van der Waals surface area contributed by atoms with Gasteiger partial charge in [-0.3, -0.25) is 0 Å². The summed E-state index contributed by atoms with van der Waals surface area (Å²) in [7, 11) is 4.38. The Morgan fingerprint density at radius 1 is 1.25 bits per heavy atom. The van der Waals surface area contributed by atoms with Gasteiger partial charge in [0.15, 0.2) is 0 Å². The van der Waals surface area contributed by atoms with Crippen LogP contribution >= 0.6 is 0 Å². The molecular weight excluding hydrogens is 146 g/mol. The molecule has 0 radical (unpaired) electrons. The largest absolute Gasteiger partial charge is 0.304 e. The van der Waals surface area contributed by atoms with Crippen LogP contribution < -0.4 is 0 Å². The second-order valence-corrected chi connectivity index (χ2v) is 4.74. The SMILES string of the molecule is CCCC(C)(CC(C)C)N(C)C. The second-order valence-electron chi connectivity index (χ2n) is 4.74. The third-order valence-corrected chi connectivity index (χ3v) is 2.72. The fourth-order valence-electron chi connectivity index (χ4n) is 1.93. The van der Waals surface area contributed by atoms with Crippen molar-refractivity contribution in [2.45, 2.75) is 52.5 Å². The van der Waals surface area contributed by atoms with Gasteiger partial charge in [0.2, 0.25) is 0 Å². The van der Waals surface area contributed by atoms with E-state index >= 15 is 0 Å². The smallest absolute Gasteiger partial charge is 0.0177 e. The maximum atomic E-state index is 2.37. The molecule has 0 bridgehead atoms. The van der Waals surface area contributed by atoms with Crippen LogP contribution in [0.25, 0.3) is 0 Å². The van der Waals surface area contributed by atoms with E-state index in [0.29, 0.717) is 5.54 Å². The summed E-state index contributed by atoms with van der Waals surface area (Å²) in [6.45, 7) is 9.24. The number of hydrogen-bond acceptors (Lipinski definition) is 1. The molecule has 0 spiro atoms. The zero-order valence-electron chi connectivity index (χ0n) is 9.65. The van der Waals surface area contributed by atoms with E-state index in [1.807, 2.05) is 0 Å². The van der Waals surface area contributed by atoms with Crippen molar-refractivity contribution in [2.75, 3.05) is 14.1 Å². The Balaban J connectivity index is 4.18. The Bertz CT molecular complexity index is 118. The average Bonchev–Trinajstić information content (AvgIpc) is 1.85. The first-order valence-corrected chi connectivity index (χ1v) is 5.10. The van der Waals surface area contributed by atoms with Crippen LogP contribution in [0.4, 0.5) is 0 Å². The third kappa shape index (κ3) is 3.57. The van der Waals surface area contributed by atoms with Crippen molar-refractivity contribution in [2.24, 2.45) is 5.92 Å². The molecule has 1 heteroatoms. The molecule has 0 aliphatic rings. The van der Waals surface area contributed by atoms with Crippen LogP contribution in [0.3, 0.4) is 0 Å². The first kappa shape index (κ1) is 12.0. The van der Waals surface area contributed by atoms with Gasteiger partial charge in [-0.25, -0.2) is 0 Å². The van der Waals surface area contributed by atoms with Gasteiger partial charge in [-0.2, -0.15) is 0 Å². The summed E-state index contributed by atoms with van der Waals surface area (Å²) in [6, 6.07) is 0. The van der Waals surface area contributed by atoms with E-state index in [1.54, 1.807) is 0 Å². The Hall–Kier alpha value is -0.0400. The van der Waals surface area contributed by atoms with Gasteiger partial charge in [-0.15, -0.1) is 0 Å². The zero-order chi connectivity index (χ0) is 9.78. The predicted molar refractivity (Wildman–Crippen MR) is 56.5 cm³/mol. The summed E-state index contributed by atoms with van der Waals surface area (Å²) in [5.74, 6) is 0.795. The van der Waals surface area contributed by atoms with Crippen LogP contribution in [0.1, 0.15) is 47.0 Å². The maximum absolute atomic E-state index is 2.37. The monoisotopic (exact) mass is 171 g/mol. The Morgan fingerprint density at radius 3 is 2.00 bits per heavy atom. The lowest BCUT2D eigenvalue weighted by atomic mass is 9.86. The standard InChI is InChI=1S/C11H25N/c1-7-8-11(4,12(5)6)9-10(2)3/h10H,7-9H2,1-6H3. The molecule has 0 aliphatic carbocycles. The Morgan fingerprint density at radius 2 is 1.75 bits per heavy atom. The van der Waals surface area contributed by atoms with Crippen molar-refractivity contribution in [3.63, 3.8) is 0 Å². The molecular formula is C11H25N. The van der Waals surface area contributed by atoms with E-state index in [-0.39, 0.29) is 0 Å². The van der Waals surface area contributed by atoms with Crippen molar-refractivity contribution < 1.29 is 0 Å². The van der Waals surface area contributed by atoms with Crippen LogP contribution in [0.15, 0.2) is 0 Å². The first-order valence-electron chi connectivity index (χ1n) is 5.10. The van der Waals surface area contributed by atoms with E-state index in [4.69, 9.17) is 0 Å². The molecule has 0 saturated carbocycles. The average molecular weight is 171 g/mol. The summed E-state index contributed by atoms with van der Waals surface area (Å²) < 4.78 is 0. The fourth-order valence-corrected chi connectivity index (χ4v) is 1.93. The van der Waals surface area contributed by atoms with Crippen molar-refractivity contribution in [1.82, 2.24) is 4.90 Å². The van der Waals surface area contributed by atoms with Crippen LogP contribution in [0, 0.1) is 5.92 Å². The van der Waals surface area contributed by atoms with Gasteiger partial charge in [-0.05, 0) is 39.8 Å². The van der Waals surface area contributed by atoms with Crippen LogP contribution in [-0.4, -0.2) is 24.5 Å². The van der Waals surface area contributed by atoms with Crippen molar-refractivity contribution in [3.05, 3.63) is 0 Å². The minimum absolute atomic E-state index is 0.406. The van der Waals surface area contributed by atoms with Gasteiger partial charge in [-0.1, -0.05) is 27.2 Å². The van der Waals surface area contributed by atoms with Gasteiger partial charge in [0, 0.05) is 5.54 Å². The van der Waals surface area contributed by atoms with Gasteiger partial charge >= 0.3 is 0 Å². The lowest BCUT2D eigenvalue weighted by molar-refractivity contribution is 0.129. The number of hydrogen-bond donors (Lipinski definition) is 0. The molecule has 1 nitrogen and oxygen atoms in total. The first-order chi connectivity index (χ1) is 5.42. The second kappa shape index (κ2) is 4.86. The van der Waals surface area contributed by atoms with Crippen molar-refractivity contribution >= 4 is 0 Å². The molecule has 12 heavy (non-hydrogen) atoms. The summed E-state index contributed by atoms with van der Waals surface area (Å²) in [4.78, 5) is 2.37.